The number of halogens is 3. The molecule has 7 heteroatoms. The van der Waals surface area contributed by atoms with Gasteiger partial charge in [-0.15, -0.1) is 0 Å². The predicted molar refractivity (Wildman–Crippen MR) is 76.6 cm³/mol. The van der Waals surface area contributed by atoms with Crippen LogP contribution in [0.15, 0.2) is 42.5 Å². The minimum atomic E-state index is -1.04. The van der Waals surface area contributed by atoms with E-state index in [1.54, 1.807) is 0 Å². The molecule has 0 fully saturated rings. The summed E-state index contributed by atoms with van der Waals surface area (Å²) < 4.78 is 43.9. The van der Waals surface area contributed by atoms with Gasteiger partial charge in [-0.25, -0.2) is 13.2 Å². The number of carbonyl (C=O) groups is 1. The third kappa shape index (κ3) is 5.30. The second-order valence-corrected chi connectivity index (χ2v) is 4.79. The van der Waals surface area contributed by atoms with Crippen LogP contribution in [-0.4, -0.2) is 30.3 Å². The van der Waals surface area contributed by atoms with Crippen LogP contribution in [0, 0.1) is 17.5 Å². The molecule has 0 aromatic heterocycles. The van der Waals surface area contributed by atoms with Crippen LogP contribution < -0.4 is 10.1 Å². The van der Waals surface area contributed by atoms with E-state index in [-0.39, 0.29) is 18.7 Å². The Morgan fingerprint density at radius 1 is 1.04 bits per heavy atom. The van der Waals surface area contributed by atoms with E-state index in [0.29, 0.717) is 11.8 Å². The molecule has 2 aromatic carbocycles. The average molecular weight is 325 g/mol. The molecular formula is C16H14F3NO3. The van der Waals surface area contributed by atoms with E-state index in [9.17, 15) is 23.1 Å². The lowest BCUT2D eigenvalue weighted by Gasteiger charge is -2.13. The summed E-state index contributed by atoms with van der Waals surface area (Å²) in [4.78, 5) is 11.7. The number of aliphatic hydroxyl groups is 1. The van der Waals surface area contributed by atoms with Crippen molar-refractivity contribution in [2.45, 2.75) is 6.10 Å². The number of aliphatic hydroxyl groups excluding tert-OH is 1. The van der Waals surface area contributed by atoms with E-state index in [1.165, 1.54) is 24.3 Å². The van der Waals surface area contributed by atoms with Gasteiger partial charge < -0.3 is 15.2 Å². The minimum Gasteiger partial charge on any atom is -0.491 e. The highest BCUT2D eigenvalue weighted by Crippen LogP contribution is 2.11. The number of ether oxygens (including phenoxy) is 1. The lowest BCUT2D eigenvalue weighted by atomic mass is 10.2. The van der Waals surface area contributed by atoms with E-state index in [4.69, 9.17) is 4.74 Å². The molecule has 0 bridgehead atoms. The SMILES string of the molecule is O=C(NCC(O)COc1ccc(F)cc1)c1cc(F)cc(F)c1. The highest BCUT2D eigenvalue weighted by Gasteiger charge is 2.12. The smallest absolute Gasteiger partial charge is 0.251 e. The summed E-state index contributed by atoms with van der Waals surface area (Å²) in [5, 5.41) is 12.0. The summed E-state index contributed by atoms with van der Waals surface area (Å²) in [6.07, 6.45) is -1.04. The van der Waals surface area contributed by atoms with Gasteiger partial charge in [0.15, 0.2) is 0 Å². The standard InChI is InChI=1S/C16H14F3NO3/c17-11-1-3-15(4-2-11)23-9-14(21)8-20-16(22)10-5-12(18)7-13(19)6-10/h1-7,14,21H,8-9H2,(H,20,22). The van der Waals surface area contributed by atoms with Crippen molar-refractivity contribution in [3.8, 4) is 5.75 Å². The van der Waals surface area contributed by atoms with Crippen LogP contribution in [0.25, 0.3) is 0 Å². The summed E-state index contributed by atoms with van der Waals surface area (Å²) >= 11 is 0. The average Bonchev–Trinajstić information content (AvgIpc) is 2.51. The summed E-state index contributed by atoms with van der Waals surface area (Å²) in [7, 11) is 0. The Morgan fingerprint density at radius 2 is 1.65 bits per heavy atom. The van der Waals surface area contributed by atoms with Crippen LogP contribution in [0.5, 0.6) is 5.75 Å². The summed E-state index contributed by atoms with van der Waals surface area (Å²) in [6.45, 7) is -0.304. The van der Waals surface area contributed by atoms with Crippen molar-refractivity contribution in [3.05, 3.63) is 65.5 Å². The minimum absolute atomic E-state index is 0.135. The van der Waals surface area contributed by atoms with E-state index in [1.807, 2.05) is 0 Å². The molecule has 0 heterocycles. The molecule has 2 aromatic rings. The third-order valence-electron chi connectivity index (χ3n) is 2.88. The molecule has 0 aliphatic heterocycles. The highest BCUT2D eigenvalue weighted by atomic mass is 19.1. The van der Waals surface area contributed by atoms with Gasteiger partial charge >= 0.3 is 0 Å². The van der Waals surface area contributed by atoms with Gasteiger partial charge in [-0.2, -0.15) is 0 Å². The van der Waals surface area contributed by atoms with Crippen LogP contribution in [0.4, 0.5) is 13.2 Å². The largest absolute Gasteiger partial charge is 0.491 e. The Hall–Kier alpha value is -2.54. The van der Waals surface area contributed by atoms with Crippen molar-refractivity contribution in [1.29, 1.82) is 0 Å². The maximum absolute atomic E-state index is 13.0. The van der Waals surface area contributed by atoms with Crippen LogP contribution in [0.3, 0.4) is 0 Å². The second-order valence-electron chi connectivity index (χ2n) is 4.79. The highest BCUT2D eigenvalue weighted by molar-refractivity contribution is 5.94. The van der Waals surface area contributed by atoms with Crippen molar-refractivity contribution >= 4 is 5.91 Å². The van der Waals surface area contributed by atoms with Gasteiger partial charge in [0.2, 0.25) is 0 Å². The fraction of sp³-hybridized carbons (Fsp3) is 0.188. The maximum atomic E-state index is 13.0. The molecule has 122 valence electrons. The van der Waals surface area contributed by atoms with Gasteiger partial charge in [-0.1, -0.05) is 0 Å². The van der Waals surface area contributed by atoms with Gasteiger partial charge in [0.1, 0.15) is 35.9 Å². The number of hydrogen-bond donors (Lipinski definition) is 2. The van der Waals surface area contributed by atoms with Crippen LogP contribution in [0.2, 0.25) is 0 Å². The van der Waals surface area contributed by atoms with E-state index in [2.05, 4.69) is 5.32 Å². The van der Waals surface area contributed by atoms with Crippen LogP contribution in [0.1, 0.15) is 10.4 Å². The normalized spacial score (nSPS) is 11.8. The molecule has 23 heavy (non-hydrogen) atoms. The van der Waals surface area contributed by atoms with Gasteiger partial charge in [0, 0.05) is 18.2 Å². The number of carbonyl (C=O) groups excluding carboxylic acids is 1. The lowest BCUT2D eigenvalue weighted by molar-refractivity contribution is 0.0843. The summed E-state index contributed by atoms with van der Waals surface area (Å²) in [5.74, 6) is -2.49. The summed E-state index contributed by atoms with van der Waals surface area (Å²) in [5.41, 5.74) is -0.186. The van der Waals surface area contributed by atoms with Crippen molar-refractivity contribution in [2.75, 3.05) is 13.2 Å². The maximum Gasteiger partial charge on any atom is 0.251 e. The molecule has 0 radical (unpaired) electrons. The Balaban J connectivity index is 1.80. The molecule has 0 saturated heterocycles. The molecule has 4 nitrogen and oxygen atoms in total. The van der Waals surface area contributed by atoms with E-state index in [0.717, 1.165) is 12.1 Å². The Labute approximate surface area is 130 Å². The number of hydrogen-bond acceptors (Lipinski definition) is 3. The Morgan fingerprint density at radius 3 is 2.26 bits per heavy atom. The van der Waals surface area contributed by atoms with Gasteiger partial charge in [0.05, 0.1) is 0 Å². The van der Waals surface area contributed by atoms with Crippen molar-refractivity contribution < 1.29 is 27.8 Å². The number of nitrogens with one attached hydrogen (secondary N) is 1. The molecular weight excluding hydrogens is 311 g/mol. The van der Waals surface area contributed by atoms with Gasteiger partial charge in [0.25, 0.3) is 5.91 Å². The fourth-order valence-corrected chi connectivity index (χ4v) is 1.78. The number of rotatable bonds is 6. The topological polar surface area (TPSA) is 58.6 Å². The summed E-state index contributed by atoms with van der Waals surface area (Å²) in [6, 6.07) is 7.65. The molecule has 2 N–H and O–H groups in total. The zero-order valence-corrected chi connectivity index (χ0v) is 11.9. The van der Waals surface area contributed by atoms with Crippen molar-refractivity contribution in [2.24, 2.45) is 0 Å². The second kappa shape index (κ2) is 7.64. The third-order valence-corrected chi connectivity index (χ3v) is 2.88. The van der Waals surface area contributed by atoms with Gasteiger partial charge in [-0.05, 0) is 36.4 Å². The molecule has 1 amide bonds. The number of benzene rings is 2. The fourth-order valence-electron chi connectivity index (χ4n) is 1.78. The van der Waals surface area contributed by atoms with Crippen molar-refractivity contribution in [3.63, 3.8) is 0 Å². The number of amides is 1. The quantitative estimate of drug-likeness (QED) is 0.857. The molecule has 0 aliphatic carbocycles. The first-order valence-corrected chi connectivity index (χ1v) is 6.75. The lowest BCUT2D eigenvalue weighted by Crippen LogP contribution is -2.35. The predicted octanol–water partition coefficient (Wildman–Crippen LogP) is 2.27. The Kier molecular flexibility index (Phi) is 5.59. The monoisotopic (exact) mass is 325 g/mol. The molecule has 0 saturated carbocycles. The first-order valence-electron chi connectivity index (χ1n) is 6.75. The molecule has 1 atom stereocenters. The molecule has 0 spiro atoms. The Bertz CT molecular complexity index is 657. The van der Waals surface area contributed by atoms with Crippen molar-refractivity contribution in [1.82, 2.24) is 5.32 Å². The molecule has 2 rings (SSSR count). The molecule has 0 aliphatic rings. The zero-order valence-electron chi connectivity index (χ0n) is 11.9. The van der Waals surface area contributed by atoms with Gasteiger partial charge in [-0.3, -0.25) is 4.79 Å². The molecule has 1 unspecified atom stereocenters. The van der Waals surface area contributed by atoms with E-state index < -0.39 is 29.5 Å². The van der Waals surface area contributed by atoms with Crippen LogP contribution in [-0.2, 0) is 0 Å². The first-order chi connectivity index (χ1) is 10.9. The zero-order chi connectivity index (χ0) is 16.8. The first kappa shape index (κ1) is 16.8. The van der Waals surface area contributed by atoms with Crippen LogP contribution >= 0.6 is 0 Å². The van der Waals surface area contributed by atoms with E-state index >= 15 is 0 Å².